The van der Waals surface area contributed by atoms with E-state index in [9.17, 15) is 15.0 Å². The monoisotopic (exact) mass is 341 g/mol. The van der Waals surface area contributed by atoms with Gasteiger partial charge in [-0.3, -0.25) is 4.79 Å². The second-order valence-electron chi connectivity index (χ2n) is 6.35. The number of fused-ring (bicyclic) bond motifs is 4. The van der Waals surface area contributed by atoms with Crippen LogP contribution >= 0.6 is 0 Å². The molecule has 2 aromatic rings. The lowest BCUT2D eigenvalue weighted by Gasteiger charge is -2.41. The van der Waals surface area contributed by atoms with E-state index in [-0.39, 0.29) is 29.2 Å². The maximum atomic E-state index is 13.1. The predicted octanol–water partition coefficient (Wildman–Crippen LogP) is 2.41. The lowest BCUT2D eigenvalue weighted by atomic mass is 9.83. The molecule has 2 aromatic carbocycles. The SMILES string of the molecule is COc1cc2c(c(OC)c1O)C(=O)N1CCc3cc(O)ccc3C1C2. The van der Waals surface area contributed by atoms with Crippen LogP contribution in [0.15, 0.2) is 24.3 Å². The van der Waals surface area contributed by atoms with Gasteiger partial charge in [0.2, 0.25) is 5.75 Å². The van der Waals surface area contributed by atoms with Crippen molar-refractivity contribution in [3.8, 4) is 23.0 Å². The van der Waals surface area contributed by atoms with Crippen molar-refractivity contribution in [1.29, 1.82) is 0 Å². The van der Waals surface area contributed by atoms with Gasteiger partial charge in [0.15, 0.2) is 11.5 Å². The molecule has 2 aliphatic heterocycles. The minimum absolute atomic E-state index is 0.0942. The summed E-state index contributed by atoms with van der Waals surface area (Å²) in [6.45, 7) is 0.565. The van der Waals surface area contributed by atoms with Crippen LogP contribution in [-0.2, 0) is 12.8 Å². The number of ether oxygens (including phenoxy) is 2. The van der Waals surface area contributed by atoms with Gasteiger partial charge >= 0.3 is 0 Å². The zero-order valence-electron chi connectivity index (χ0n) is 14.1. The zero-order valence-corrected chi connectivity index (χ0v) is 14.1. The smallest absolute Gasteiger partial charge is 0.258 e. The molecular weight excluding hydrogens is 322 g/mol. The summed E-state index contributed by atoms with van der Waals surface area (Å²) in [5, 5.41) is 20.0. The number of hydrogen-bond donors (Lipinski definition) is 2. The highest BCUT2D eigenvalue weighted by atomic mass is 16.5. The molecule has 0 fully saturated rings. The molecule has 1 amide bonds. The Hall–Kier alpha value is -2.89. The number of amides is 1. The zero-order chi connectivity index (χ0) is 17.7. The minimum atomic E-state index is -0.155. The summed E-state index contributed by atoms with van der Waals surface area (Å²) in [4.78, 5) is 14.9. The molecule has 2 N–H and O–H groups in total. The normalized spacial score (nSPS) is 18.2. The van der Waals surface area contributed by atoms with Crippen LogP contribution in [-0.4, -0.2) is 41.8 Å². The quantitative estimate of drug-likeness (QED) is 0.877. The first kappa shape index (κ1) is 15.6. The van der Waals surface area contributed by atoms with Crippen LogP contribution in [0.4, 0.5) is 0 Å². The fourth-order valence-electron chi connectivity index (χ4n) is 3.94. The molecule has 0 aliphatic carbocycles. The Bertz CT molecular complexity index is 877. The van der Waals surface area contributed by atoms with Crippen LogP contribution < -0.4 is 9.47 Å². The standard InChI is InChI=1S/C19H19NO5/c1-24-15-9-11-8-14-13-4-3-12(21)7-10(13)5-6-20(14)19(23)16(11)18(25-2)17(15)22/h3-4,7,9,14,21-22H,5-6,8H2,1-2H3. The molecule has 2 heterocycles. The van der Waals surface area contributed by atoms with Crippen molar-refractivity contribution in [2.75, 3.05) is 20.8 Å². The van der Waals surface area contributed by atoms with Crippen molar-refractivity contribution in [2.45, 2.75) is 18.9 Å². The summed E-state index contributed by atoms with van der Waals surface area (Å²) < 4.78 is 10.5. The first-order valence-corrected chi connectivity index (χ1v) is 8.14. The number of methoxy groups -OCH3 is 2. The maximum Gasteiger partial charge on any atom is 0.258 e. The number of carbonyl (C=O) groups is 1. The van der Waals surface area contributed by atoms with Gasteiger partial charge in [0, 0.05) is 6.54 Å². The fraction of sp³-hybridized carbons (Fsp3) is 0.316. The lowest BCUT2D eigenvalue weighted by Crippen LogP contribution is -2.44. The van der Waals surface area contributed by atoms with Crippen molar-refractivity contribution < 1.29 is 24.5 Å². The first-order chi connectivity index (χ1) is 12.0. The number of phenolic OH excluding ortho intramolecular Hbond substituents is 2. The summed E-state index contributed by atoms with van der Waals surface area (Å²) in [5.41, 5.74) is 3.31. The van der Waals surface area contributed by atoms with Crippen molar-refractivity contribution in [1.82, 2.24) is 4.90 Å². The van der Waals surface area contributed by atoms with Gasteiger partial charge in [-0.05, 0) is 47.7 Å². The molecule has 6 heteroatoms. The van der Waals surface area contributed by atoms with E-state index in [1.165, 1.54) is 14.2 Å². The summed E-state index contributed by atoms with van der Waals surface area (Å²) in [7, 11) is 2.90. The highest BCUT2D eigenvalue weighted by molar-refractivity contribution is 6.01. The van der Waals surface area contributed by atoms with Gasteiger partial charge in [-0.2, -0.15) is 0 Å². The Morgan fingerprint density at radius 1 is 1.12 bits per heavy atom. The van der Waals surface area contributed by atoms with E-state index >= 15 is 0 Å². The summed E-state index contributed by atoms with van der Waals surface area (Å²) >= 11 is 0. The number of aromatic hydroxyl groups is 2. The Labute approximate surface area is 145 Å². The van der Waals surface area contributed by atoms with Crippen molar-refractivity contribution in [2.24, 2.45) is 0 Å². The lowest BCUT2D eigenvalue weighted by molar-refractivity contribution is 0.0626. The third-order valence-electron chi connectivity index (χ3n) is 5.10. The van der Waals surface area contributed by atoms with E-state index in [0.29, 0.717) is 30.7 Å². The molecular formula is C19H19NO5. The molecule has 6 nitrogen and oxygen atoms in total. The van der Waals surface area contributed by atoms with Crippen LogP contribution in [0.25, 0.3) is 0 Å². The van der Waals surface area contributed by atoms with E-state index in [1.807, 2.05) is 11.0 Å². The number of rotatable bonds is 2. The summed E-state index contributed by atoms with van der Waals surface area (Å²) in [5.74, 6) is 0.383. The number of benzene rings is 2. The molecule has 0 radical (unpaired) electrons. The van der Waals surface area contributed by atoms with Crippen LogP contribution in [0.2, 0.25) is 0 Å². The van der Waals surface area contributed by atoms with Gasteiger partial charge < -0.3 is 24.6 Å². The van der Waals surface area contributed by atoms with E-state index in [2.05, 4.69) is 0 Å². The summed E-state index contributed by atoms with van der Waals surface area (Å²) in [6.07, 6.45) is 1.29. The van der Waals surface area contributed by atoms with Gasteiger partial charge in [0.25, 0.3) is 5.91 Å². The Kier molecular flexibility index (Phi) is 3.49. The van der Waals surface area contributed by atoms with Crippen LogP contribution in [0, 0.1) is 0 Å². The Balaban J connectivity index is 1.87. The Morgan fingerprint density at radius 3 is 2.64 bits per heavy atom. The van der Waals surface area contributed by atoms with E-state index in [1.54, 1.807) is 18.2 Å². The molecule has 0 bridgehead atoms. The maximum absolute atomic E-state index is 13.1. The van der Waals surface area contributed by atoms with Gasteiger partial charge in [0.05, 0.1) is 25.8 Å². The molecule has 1 atom stereocenters. The third-order valence-corrected chi connectivity index (χ3v) is 5.10. The van der Waals surface area contributed by atoms with Crippen LogP contribution in [0.5, 0.6) is 23.0 Å². The fourth-order valence-corrected chi connectivity index (χ4v) is 3.94. The van der Waals surface area contributed by atoms with Gasteiger partial charge in [-0.25, -0.2) is 0 Å². The molecule has 0 saturated heterocycles. The topological polar surface area (TPSA) is 79.2 Å². The molecule has 2 aliphatic rings. The molecule has 1 unspecified atom stereocenters. The Morgan fingerprint density at radius 2 is 1.92 bits per heavy atom. The third kappa shape index (κ3) is 2.21. The average molecular weight is 341 g/mol. The molecule has 25 heavy (non-hydrogen) atoms. The van der Waals surface area contributed by atoms with Crippen LogP contribution in [0.3, 0.4) is 0 Å². The minimum Gasteiger partial charge on any atom is -0.508 e. The largest absolute Gasteiger partial charge is 0.508 e. The second kappa shape index (κ2) is 5.58. The molecule has 130 valence electrons. The molecule has 0 spiro atoms. The highest BCUT2D eigenvalue weighted by Crippen LogP contribution is 2.47. The molecule has 4 rings (SSSR count). The number of carbonyl (C=O) groups excluding carboxylic acids is 1. The first-order valence-electron chi connectivity index (χ1n) is 8.14. The van der Waals surface area contributed by atoms with Crippen molar-refractivity contribution in [3.05, 3.63) is 46.5 Å². The average Bonchev–Trinajstić information content (AvgIpc) is 2.61. The van der Waals surface area contributed by atoms with E-state index in [4.69, 9.17) is 9.47 Å². The predicted molar refractivity (Wildman–Crippen MR) is 90.5 cm³/mol. The van der Waals surface area contributed by atoms with Gasteiger partial charge in [0.1, 0.15) is 5.75 Å². The summed E-state index contributed by atoms with van der Waals surface area (Å²) in [6, 6.07) is 6.92. The molecule has 0 saturated carbocycles. The van der Waals surface area contributed by atoms with Gasteiger partial charge in [-0.1, -0.05) is 6.07 Å². The highest BCUT2D eigenvalue weighted by Gasteiger charge is 2.40. The van der Waals surface area contributed by atoms with Gasteiger partial charge in [-0.15, -0.1) is 0 Å². The van der Waals surface area contributed by atoms with Crippen LogP contribution in [0.1, 0.15) is 33.1 Å². The van der Waals surface area contributed by atoms with E-state index in [0.717, 1.165) is 16.7 Å². The van der Waals surface area contributed by atoms with Crippen molar-refractivity contribution >= 4 is 5.91 Å². The second-order valence-corrected chi connectivity index (χ2v) is 6.35. The molecule has 0 aromatic heterocycles. The van der Waals surface area contributed by atoms with E-state index < -0.39 is 0 Å². The number of phenols is 2. The van der Waals surface area contributed by atoms with Crippen molar-refractivity contribution in [3.63, 3.8) is 0 Å². The number of nitrogens with zero attached hydrogens (tertiary/aromatic N) is 1. The number of hydrogen-bond acceptors (Lipinski definition) is 5.